The van der Waals surface area contributed by atoms with Crippen molar-refractivity contribution in [1.29, 1.82) is 0 Å². The van der Waals surface area contributed by atoms with Crippen molar-refractivity contribution in [3.05, 3.63) is 72.1 Å². The molecule has 1 amide bonds. The number of benzene rings is 2. The van der Waals surface area contributed by atoms with Crippen LogP contribution in [-0.4, -0.2) is 30.0 Å². The first-order valence-electron chi connectivity index (χ1n) is 9.20. The van der Waals surface area contributed by atoms with E-state index in [9.17, 15) is 4.79 Å². The first kappa shape index (κ1) is 19.4. The molecule has 0 radical (unpaired) electrons. The third-order valence-corrected chi connectivity index (χ3v) is 4.39. The van der Waals surface area contributed by atoms with Crippen molar-refractivity contribution in [2.75, 3.05) is 29.6 Å². The van der Waals surface area contributed by atoms with Crippen LogP contribution in [0.3, 0.4) is 0 Å². The number of hydrogen-bond donors (Lipinski definition) is 2. The Morgan fingerprint density at radius 3 is 2.00 bits per heavy atom. The lowest BCUT2D eigenvalue weighted by Gasteiger charge is -2.13. The molecule has 3 rings (SSSR count). The van der Waals surface area contributed by atoms with Crippen molar-refractivity contribution in [2.24, 2.45) is 0 Å². The average molecular weight is 375 g/mol. The summed E-state index contributed by atoms with van der Waals surface area (Å²) in [4.78, 5) is 22.9. The van der Waals surface area contributed by atoms with E-state index in [1.165, 1.54) is 18.0 Å². The van der Waals surface area contributed by atoms with Crippen LogP contribution in [-0.2, 0) is 0 Å². The average Bonchev–Trinajstić information content (AvgIpc) is 2.69. The lowest BCUT2D eigenvalue weighted by molar-refractivity contribution is 0.102. The van der Waals surface area contributed by atoms with Gasteiger partial charge in [-0.05, 0) is 47.9 Å². The summed E-state index contributed by atoms with van der Waals surface area (Å²) in [6.07, 6.45) is 3.03. The van der Waals surface area contributed by atoms with Crippen molar-refractivity contribution < 1.29 is 4.79 Å². The minimum absolute atomic E-state index is 0.237. The number of amides is 1. The number of nitrogens with zero attached hydrogens (tertiary/aromatic N) is 3. The smallest absolute Gasteiger partial charge is 0.258 e. The highest BCUT2D eigenvalue weighted by atomic mass is 16.1. The highest BCUT2D eigenvalue weighted by Gasteiger charge is 2.09. The molecule has 6 nitrogen and oxygen atoms in total. The van der Waals surface area contributed by atoms with Gasteiger partial charge in [0.1, 0.15) is 0 Å². The van der Waals surface area contributed by atoms with Crippen molar-refractivity contribution in [3.8, 4) is 0 Å². The molecule has 28 heavy (non-hydrogen) atoms. The largest absolute Gasteiger partial charge is 0.378 e. The zero-order valence-corrected chi connectivity index (χ0v) is 16.6. The van der Waals surface area contributed by atoms with E-state index in [4.69, 9.17) is 0 Å². The van der Waals surface area contributed by atoms with Crippen molar-refractivity contribution >= 4 is 28.9 Å². The van der Waals surface area contributed by atoms with Gasteiger partial charge in [-0.2, -0.15) is 0 Å². The van der Waals surface area contributed by atoms with E-state index in [-0.39, 0.29) is 5.91 Å². The number of hydrogen-bond acceptors (Lipinski definition) is 5. The number of carbonyl (C=O) groups excluding carboxylic acids is 1. The zero-order valence-electron chi connectivity index (χ0n) is 16.6. The molecule has 0 spiro atoms. The molecule has 6 heteroatoms. The van der Waals surface area contributed by atoms with Crippen molar-refractivity contribution in [2.45, 2.75) is 19.8 Å². The van der Waals surface area contributed by atoms with Gasteiger partial charge in [-0.1, -0.05) is 26.0 Å². The van der Waals surface area contributed by atoms with E-state index in [1.807, 2.05) is 67.5 Å². The Morgan fingerprint density at radius 2 is 1.46 bits per heavy atom. The van der Waals surface area contributed by atoms with Crippen LogP contribution in [0.15, 0.2) is 60.9 Å². The Morgan fingerprint density at radius 1 is 0.893 bits per heavy atom. The lowest BCUT2D eigenvalue weighted by atomic mass is 10.0. The molecule has 0 bridgehead atoms. The third kappa shape index (κ3) is 4.85. The van der Waals surface area contributed by atoms with Gasteiger partial charge in [0.15, 0.2) is 0 Å². The highest BCUT2D eigenvalue weighted by Crippen LogP contribution is 2.19. The van der Waals surface area contributed by atoms with Crippen LogP contribution in [0, 0.1) is 0 Å². The second-order valence-electron chi connectivity index (χ2n) is 7.09. The SMILES string of the molecule is CC(C)c1ccc(NC(=O)c2cnc(Nc3ccc(N(C)C)cc3)nc2)cc1. The van der Waals surface area contributed by atoms with Gasteiger partial charge >= 0.3 is 0 Å². The zero-order chi connectivity index (χ0) is 20.1. The molecule has 0 aliphatic heterocycles. The molecule has 1 heterocycles. The predicted octanol–water partition coefficient (Wildman–Crippen LogP) is 4.66. The molecule has 2 aromatic carbocycles. The second kappa shape index (κ2) is 8.52. The van der Waals surface area contributed by atoms with Crippen LogP contribution in [0.25, 0.3) is 0 Å². The summed E-state index contributed by atoms with van der Waals surface area (Å²) >= 11 is 0. The van der Waals surface area contributed by atoms with E-state index < -0.39 is 0 Å². The topological polar surface area (TPSA) is 70.2 Å². The Labute approximate surface area is 165 Å². The number of carbonyl (C=O) groups is 1. The fourth-order valence-electron chi connectivity index (χ4n) is 2.64. The summed E-state index contributed by atoms with van der Waals surface area (Å²) in [5.74, 6) is 0.659. The lowest BCUT2D eigenvalue weighted by Crippen LogP contribution is -2.13. The molecule has 0 aliphatic carbocycles. The van der Waals surface area contributed by atoms with E-state index in [2.05, 4.69) is 34.4 Å². The van der Waals surface area contributed by atoms with Crippen LogP contribution in [0.1, 0.15) is 35.7 Å². The van der Waals surface area contributed by atoms with Gasteiger partial charge in [0.2, 0.25) is 5.95 Å². The fourth-order valence-corrected chi connectivity index (χ4v) is 2.64. The standard InChI is InChI=1S/C22H25N5O/c1-15(2)16-5-7-18(8-6-16)25-21(28)17-13-23-22(24-14-17)26-19-9-11-20(12-10-19)27(3)4/h5-15H,1-4H3,(H,25,28)(H,23,24,26). The van der Waals surface area contributed by atoms with Gasteiger partial charge in [-0.25, -0.2) is 9.97 Å². The first-order chi connectivity index (χ1) is 13.4. The van der Waals surface area contributed by atoms with Gasteiger partial charge in [-0.15, -0.1) is 0 Å². The molecule has 0 unspecified atom stereocenters. The Kier molecular flexibility index (Phi) is 5.89. The molecule has 0 saturated heterocycles. The monoisotopic (exact) mass is 375 g/mol. The van der Waals surface area contributed by atoms with Gasteiger partial charge in [-0.3, -0.25) is 4.79 Å². The molecule has 3 aromatic rings. The molecule has 0 saturated carbocycles. The van der Waals surface area contributed by atoms with Crippen LogP contribution in [0.4, 0.5) is 23.0 Å². The summed E-state index contributed by atoms with van der Waals surface area (Å²) in [6.45, 7) is 4.27. The van der Waals surface area contributed by atoms with E-state index >= 15 is 0 Å². The third-order valence-electron chi connectivity index (χ3n) is 4.39. The van der Waals surface area contributed by atoms with E-state index in [0.717, 1.165) is 17.1 Å². The summed E-state index contributed by atoms with van der Waals surface area (Å²) in [5.41, 5.74) is 4.38. The van der Waals surface area contributed by atoms with E-state index in [0.29, 0.717) is 17.4 Å². The minimum Gasteiger partial charge on any atom is -0.378 e. The maximum atomic E-state index is 12.4. The number of nitrogens with one attached hydrogen (secondary N) is 2. The molecular formula is C22H25N5O. The van der Waals surface area contributed by atoms with Gasteiger partial charge in [0, 0.05) is 43.6 Å². The summed E-state index contributed by atoms with van der Waals surface area (Å²) in [5, 5.41) is 6.00. The van der Waals surface area contributed by atoms with Crippen LogP contribution in [0.2, 0.25) is 0 Å². The molecule has 0 atom stereocenters. The molecular weight excluding hydrogens is 350 g/mol. The van der Waals surface area contributed by atoms with Gasteiger partial charge in [0.25, 0.3) is 5.91 Å². The Bertz CT molecular complexity index is 917. The maximum Gasteiger partial charge on any atom is 0.258 e. The summed E-state index contributed by atoms with van der Waals surface area (Å²) in [7, 11) is 3.99. The van der Waals surface area contributed by atoms with E-state index in [1.54, 1.807) is 0 Å². The minimum atomic E-state index is -0.237. The van der Waals surface area contributed by atoms with Gasteiger partial charge < -0.3 is 15.5 Å². The first-order valence-corrected chi connectivity index (χ1v) is 9.20. The second-order valence-corrected chi connectivity index (χ2v) is 7.09. The Balaban J connectivity index is 1.62. The molecule has 1 aromatic heterocycles. The Hall–Kier alpha value is -3.41. The maximum absolute atomic E-state index is 12.4. The fraction of sp³-hybridized carbons (Fsp3) is 0.227. The number of anilines is 4. The normalized spacial score (nSPS) is 10.6. The van der Waals surface area contributed by atoms with Crippen LogP contribution in [0.5, 0.6) is 0 Å². The number of aromatic nitrogens is 2. The quantitative estimate of drug-likeness (QED) is 0.656. The van der Waals surface area contributed by atoms with Crippen LogP contribution < -0.4 is 15.5 Å². The summed E-state index contributed by atoms with van der Waals surface area (Å²) in [6, 6.07) is 15.8. The molecule has 0 fully saturated rings. The molecule has 2 N–H and O–H groups in total. The van der Waals surface area contributed by atoms with Crippen LogP contribution >= 0.6 is 0 Å². The molecule has 144 valence electrons. The highest BCUT2D eigenvalue weighted by molar-refractivity contribution is 6.03. The van der Waals surface area contributed by atoms with Gasteiger partial charge in [0.05, 0.1) is 5.56 Å². The van der Waals surface area contributed by atoms with Crippen molar-refractivity contribution in [1.82, 2.24) is 9.97 Å². The number of rotatable bonds is 6. The van der Waals surface area contributed by atoms with Crippen molar-refractivity contribution in [3.63, 3.8) is 0 Å². The molecule has 0 aliphatic rings. The predicted molar refractivity (Wildman–Crippen MR) is 115 cm³/mol. The summed E-state index contributed by atoms with van der Waals surface area (Å²) < 4.78 is 0.